The molecule has 0 saturated heterocycles. The van der Waals surface area contributed by atoms with Crippen LogP contribution in [-0.2, 0) is 13.0 Å². The van der Waals surface area contributed by atoms with Crippen LogP contribution in [0.5, 0.6) is 0 Å². The van der Waals surface area contributed by atoms with Crippen LogP contribution >= 0.6 is 22.9 Å². The Morgan fingerprint density at radius 3 is 3.05 bits per heavy atom. The van der Waals surface area contributed by atoms with Gasteiger partial charge in [0.25, 0.3) is 0 Å². The van der Waals surface area contributed by atoms with Gasteiger partial charge in [-0.05, 0) is 25.1 Å². The Bertz CT molecular complexity index is 835. The number of halogens is 1. The largest absolute Gasteiger partial charge is 0.467 e. The van der Waals surface area contributed by atoms with Crippen molar-refractivity contribution in [3.63, 3.8) is 0 Å². The van der Waals surface area contributed by atoms with Gasteiger partial charge in [-0.25, -0.2) is 4.98 Å². The van der Waals surface area contributed by atoms with E-state index in [1.54, 1.807) is 12.3 Å². The molecule has 0 atom stereocenters. The van der Waals surface area contributed by atoms with Gasteiger partial charge in [-0.15, -0.1) is 11.3 Å². The Labute approximate surface area is 136 Å². The van der Waals surface area contributed by atoms with Crippen LogP contribution in [0, 0.1) is 11.3 Å². The molecule has 22 heavy (non-hydrogen) atoms. The van der Waals surface area contributed by atoms with E-state index in [0.717, 1.165) is 21.0 Å². The Kier molecular flexibility index (Phi) is 4.29. The first kappa shape index (κ1) is 14.9. The maximum Gasteiger partial charge on any atom is 0.131 e. The molecular formula is C15H13ClN4OS. The molecule has 0 aromatic carbocycles. The standard InChI is InChI=1S/C15H13ClN4OS/c16-13-6-11(19-8-9-2-1-5-21-9)15-14(20-13)10(7-18)12(22-15)3-4-17/h1-2,5-6H,3-4,8,17H2,(H,19,20). The summed E-state index contributed by atoms with van der Waals surface area (Å²) in [7, 11) is 0. The molecule has 7 heteroatoms. The zero-order valence-corrected chi connectivity index (χ0v) is 13.2. The van der Waals surface area contributed by atoms with Gasteiger partial charge in [0.2, 0.25) is 0 Å². The second kappa shape index (κ2) is 6.36. The molecule has 3 heterocycles. The van der Waals surface area contributed by atoms with Crippen molar-refractivity contribution in [1.29, 1.82) is 5.26 Å². The minimum Gasteiger partial charge on any atom is -0.467 e. The van der Waals surface area contributed by atoms with Gasteiger partial charge in [-0.3, -0.25) is 0 Å². The lowest BCUT2D eigenvalue weighted by Gasteiger charge is -2.06. The second-order valence-electron chi connectivity index (χ2n) is 4.65. The molecule has 0 amide bonds. The zero-order chi connectivity index (χ0) is 15.5. The van der Waals surface area contributed by atoms with Crippen molar-refractivity contribution in [1.82, 2.24) is 4.98 Å². The van der Waals surface area contributed by atoms with Crippen LogP contribution in [0.4, 0.5) is 5.69 Å². The monoisotopic (exact) mass is 332 g/mol. The summed E-state index contributed by atoms with van der Waals surface area (Å²) in [6, 6.07) is 7.70. The fourth-order valence-corrected chi connectivity index (χ4v) is 3.62. The van der Waals surface area contributed by atoms with E-state index in [2.05, 4.69) is 16.4 Å². The minimum atomic E-state index is 0.350. The highest BCUT2D eigenvalue weighted by Crippen LogP contribution is 2.36. The first-order chi connectivity index (χ1) is 10.7. The van der Waals surface area contributed by atoms with Crippen LogP contribution in [0.3, 0.4) is 0 Å². The predicted octanol–water partition coefficient (Wildman–Crippen LogP) is 3.53. The van der Waals surface area contributed by atoms with E-state index >= 15 is 0 Å². The summed E-state index contributed by atoms with van der Waals surface area (Å²) in [5.41, 5.74) is 7.66. The van der Waals surface area contributed by atoms with Crippen LogP contribution in [0.15, 0.2) is 28.9 Å². The van der Waals surface area contributed by atoms with Gasteiger partial charge in [0.1, 0.15) is 22.5 Å². The fourth-order valence-electron chi connectivity index (χ4n) is 2.23. The van der Waals surface area contributed by atoms with E-state index in [-0.39, 0.29) is 0 Å². The van der Waals surface area contributed by atoms with E-state index in [1.807, 2.05) is 12.1 Å². The molecule has 0 saturated carbocycles. The molecule has 0 spiro atoms. The molecule has 0 aliphatic heterocycles. The number of nitrogens with zero attached hydrogens (tertiary/aromatic N) is 2. The lowest BCUT2D eigenvalue weighted by atomic mass is 10.2. The maximum atomic E-state index is 9.39. The lowest BCUT2D eigenvalue weighted by molar-refractivity contribution is 0.518. The Morgan fingerprint density at radius 1 is 1.50 bits per heavy atom. The fraction of sp³-hybridized carbons (Fsp3) is 0.200. The molecule has 3 rings (SSSR count). The van der Waals surface area contributed by atoms with Gasteiger partial charge >= 0.3 is 0 Å². The van der Waals surface area contributed by atoms with E-state index in [1.165, 1.54) is 11.3 Å². The number of nitrogens with one attached hydrogen (secondary N) is 1. The average molecular weight is 333 g/mol. The molecule has 0 fully saturated rings. The van der Waals surface area contributed by atoms with Gasteiger partial charge < -0.3 is 15.5 Å². The van der Waals surface area contributed by atoms with Crippen molar-refractivity contribution in [2.24, 2.45) is 5.73 Å². The van der Waals surface area contributed by atoms with Crippen molar-refractivity contribution >= 4 is 38.8 Å². The topological polar surface area (TPSA) is 87.9 Å². The first-order valence-electron chi connectivity index (χ1n) is 6.71. The second-order valence-corrected chi connectivity index (χ2v) is 6.15. The van der Waals surface area contributed by atoms with Gasteiger partial charge in [-0.1, -0.05) is 11.6 Å². The number of furan rings is 1. The molecule has 3 aromatic rings. The summed E-state index contributed by atoms with van der Waals surface area (Å²) < 4.78 is 6.22. The molecule has 0 bridgehead atoms. The van der Waals surface area contributed by atoms with Crippen LogP contribution in [0.25, 0.3) is 10.2 Å². The summed E-state index contributed by atoms with van der Waals surface area (Å²) in [5, 5.41) is 13.0. The number of fused-ring (bicyclic) bond motifs is 1. The predicted molar refractivity (Wildman–Crippen MR) is 88.1 cm³/mol. The van der Waals surface area contributed by atoms with Crippen molar-refractivity contribution in [2.45, 2.75) is 13.0 Å². The van der Waals surface area contributed by atoms with Crippen molar-refractivity contribution < 1.29 is 4.42 Å². The number of aromatic nitrogens is 1. The SMILES string of the molecule is N#Cc1c(CCN)sc2c(NCc3ccco3)cc(Cl)nc12. The number of nitrogens with two attached hydrogens (primary N) is 1. The van der Waals surface area contributed by atoms with Gasteiger partial charge in [-0.2, -0.15) is 5.26 Å². The molecule has 0 radical (unpaired) electrons. The maximum absolute atomic E-state index is 9.39. The first-order valence-corrected chi connectivity index (χ1v) is 7.90. The number of pyridine rings is 1. The molecule has 0 unspecified atom stereocenters. The molecule has 3 N–H and O–H groups in total. The van der Waals surface area contributed by atoms with Crippen LogP contribution in [0.2, 0.25) is 5.15 Å². The number of nitriles is 1. The average Bonchev–Trinajstić information content (AvgIpc) is 3.12. The highest BCUT2D eigenvalue weighted by atomic mass is 35.5. The van der Waals surface area contributed by atoms with E-state index in [0.29, 0.717) is 35.7 Å². The molecular weight excluding hydrogens is 320 g/mol. The zero-order valence-electron chi connectivity index (χ0n) is 11.6. The smallest absolute Gasteiger partial charge is 0.131 e. The van der Waals surface area contributed by atoms with Crippen molar-refractivity contribution in [2.75, 3.05) is 11.9 Å². The van der Waals surface area contributed by atoms with Crippen LogP contribution in [-0.4, -0.2) is 11.5 Å². The van der Waals surface area contributed by atoms with Gasteiger partial charge in [0, 0.05) is 10.9 Å². The quantitative estimate of drug-likeness (QED) is 0.698. The summed E-state index contributed by atoms with van der Waals surface area (Å²) >= 11 is 7.62. The lowest BCUT2D eigenvalue weighted by Crippen LogP contribution is -2.02. The third-order valence-corrected chi connectivity index (χ3v) is 4.66. The van der Waals surface area contributed by atoms with E-state index in [9.17, 15) is 5.26 Å². The van der Waals surface area contributed by atoms with Gasteiger partial charge in [0.05, 0.1) is 28.8 Å². The van der Waals surface area contributed by atoms with Gasteiger partial charge in [0.15, 0.2) is 0 Å². The van der Waals surface area contributed by atoms with E-state index < -0.39 is 0 Å². The number of hydrogen-bond acceptors (Lipinski definition) is 6. The third-order valence-electron chi connectivity index (χ3n) is 3.20. The summed E-state index contributed by atoms with van der Waals surface area (Å²) in [5.74, 6) is 0.820. The minimum absolute atomic E-state index is 0.350. The number of thiophene rings is 1. The van der Waals surface area contributed by atoms with E-state index in [4.69, 9.17) is 21.8 Å². The molecule has 5 nitrogen and oxygen atoms in total. The summed E-state index contributed by atoms with van der Waals surface area (Å²) in [6.45, 7) is 1.03. The summed E-state index contributed by atoms with van der Waals surface area (Å²) in [6.07, 6.45) is 2.28. The normalized spacial score (nSPS) is 10.8. The third kappa shape index (κ3) is 2.79. The molecule has 3 aromatic heterocycles. The number of anilines is 1. The van der Waals surface area contributed by atoms with Crippen LogP contribution < -0.4 is 11.1 Å². The Morgan fingerprint density at radius 2 is 2.36 bits per heavy atom. The Hall–Kier alpha value is -2.07. The molecule has 112 valence electrons. The Balaban J connectivity index is 2.03. The van der Waals surface area contributed by atoms with Crippen molar-refractivity contribution in [3.8, 4) is 6.07 Å². The highest BCUT2D eigenvalue weighted by molar-refractivity contribution is 7.20. The molecule has 0 aliphatic rings. The van der Waals surface area contributed by atoms with Crippen molar-refractivity contribution in [3.05, 3.63) is 45.8 Å². The van der Waals surface area contributed by atoms with Crippen LogP contribution in [0.1, 0.15) is 16.2 Å². The number of rotatable bonds is 5. The summed E-state index contributed by atoms with van der Waals surface area (Å²) in [4.78, 5) is 5.24. The molecule has 0 aliphatic carbocycles. The number of hydrogen-bond donors (Lipinski definition) is 2. The highest BCUT2D eigenvalue weighted by Gasteiger charge is 2.17.